The average molecular weight is 275 g/mol. The Morgan fingerprint density at radius 1 is 1.25 bits per heavy atom. The van der Waals surface area contributed by atoms with Crippen LogP contribution in [0.5, 0.6) is 11.5 Å². The van der Waals surface area contributed by atoms with E-state index in [4.69, 9.17) is 9.47 Å². The lowest BCUT2D eigenvalue weighted by Gasteiger charge is -2.09. The number of carbonyl (C=O) groups is 1. The van der Waals surface area contributed by atoms with E-state index in [1.165, 1.54) is 6.33 Å². The van der Waals surface area contributed by atoms with Crippen molar-refractivity contribution in [1.82, 2.24) is 14.8 Å². The molecule has 0 atom stereocenters. The van der Waals surface area contributed by atoms with Crippen molar-refractivity contribution in [2.75, 3.05) is 14.2 Å². The summed E-state index contributed by atoms with van der Waals surface area (Å²) in [6.07, 6.45) is 1.67. The second-order valence-electron chi connectivity index (χ2n) is 4.16. The number of Topliss-reactive ketones (excluding diaryl/α,β-unsaturated/α-hetero) is 1. The molecule has 0 spiro atoms. The SMILES string of the molecule is CCn1ncnc1CC(=O)c1ccc(OC)c(OC)c1. The van der Waals surface area contributed by atoms with E-state index >= 15 is 0 Å². The van der Waals surface area contributed by atoms with Gasteiger partial charge >= 0.3 is 0 Å². The highest BCUT2D eigenvalue weighted by Gasteiger charge is 2.14. The van der Waals surface area contributed by atoms with Crippen LogP contribution in [0.1, 0.15) is 23.1 Å². The zero-order valence-corrected chi connectivity index (χ0v) is 11.8. The van der Waals surface area contributed by atoms with Crippen LogP contribution in [0.25, 0.3) is 0 Å². The molecule has 0 aliphatic carbocycles. The van der Waals surface area contributed by atoms with Gasteiger partial charge in [-0.25, -0.2) is 9.67 Å². The molecule has 0 bridgehead atoms. The van der Waals surface area contributed by atoms with Crippen molar-refractivity contribution in [3.63, 3.8) is 0 Å². The number of methoxy groups -OCH3 is 2. The van der Waals surface area contributed by atoms with E-state index in [1.54, 1.807) is 37.1 Å². The zero-order valence-electron chi connectivity index (χ0n) is 11.8. The summed E-state index contributed by atoms with van der Waals surface area (Å²) >= 11 is 0. The van der Waals surface area contributed by atoms with Gasteiger partial charge in [-0.15, -0.1) is 0 Å². The second kappa shape index (κ2) is 6.18. The number of hydrogen-bond donors (Lipinski definition) is 0. The summed E-state index contributed by atoms with van der Waals surface area (Å²) in [5.41, 5.74) is 0.563. The first-order chi connectivity index (χ1) is 9.69. The molecular formula is C14H17N3O3. The molecule has 6 heteroatoms. The Bertz CT molecular complexity index is 607. The number of hydrogen-bond acceptors (Lipinski definition) is 5. The molecule has 0 fully saturated rings. The van der Waals surface area contributed by atoms with E-state index in [1.807, 2.05) is 6.92 Å². The van der Waals surface area contributed by atoms with Gasteiger partial charge < -0.3 is 9.47 Å². The van der Waals surface area contributed by atoms with Gasteiger partial charge in [0.2, 0.25) is 0 Å². The highest BCUT2D eigenvalue weighted by molar-refractivity contribution is 5.97. The smallest absolute Gasteiger partial charge is 0.170 e. The Kier molecular flexibility index (Phi) is 4.34. The zero-order chi connectivity index (χ0) is 14.5. The topological polar surface area (TPSA) is 66.2 Å². The Hall–Kier alpha value is -2.37. The van der Waals surface area contributed by atoms with Crippen LogP contribution in [0.2, 0.25) is 0 Å². The number of ether oxygens (including phenoxy) is 2. The third kappa shape index (κ3) is 2.79. The van der Waals surface area contributed by atoms with Crippen molar-refractivity contribution < 1.29 is 14.3 Å². The van der Waals surface area contributed by atoms with E-state index in [2.05, 4.69) is 10.1 Å². The van der Waals surface area contributed by atoms with Gasteiger partial charge in [-0.1, -0.05) is 0 Å². The van der Waals surface area contributed by atoms with E-state index in [0.717, 1.165) is 0 Å². The monoisotopic (exact) mass is 275 g/mol. The van der Waals surface area contributed by atoms with Crippen molar-refractivity contribution in [2.24, 2.45) is 0 Å². The molecular weight excluding hydrogens is 258 g/mol. The minimum Gasteiger partial charge on any atom is -0.493 e. The quantitative estimate of drug-likeness (QED) is 0.751. The largest absolute Gasteiger partial charge is 0.493 e. The molecule has 0 unspecified atom stereocenters. The molecule has 0 aliphatic rings. The van der Waals surface area contributed by atoms with Crippen LogP contribution >= 0.6 is 0 Å². The van der Waals surface area contributed by atoms with Crippen molar-refractivity contribution in [1.29, 1.82) is 0 Å². The summed E-state index contributed by atoms with van der Waals surface area (Å²) in [6, 6.07) is 5.11. The standard InChI is InChI=1S/C14H17N3O3/c1-4-17-14(15-9-16-17)8-11(18)10-5-6-12(19-2)13(7-10)20-3/h5-7,9H,4,8H2,1-3H3. The number of benzene rings is 1. The first-order valence-electron chi connectivity index (χ1n) is 6.31. The van der Waals surface area contributed by atoms with Gasteiger partial charge in [-0.2, -0.15) is 5.10 Å². The highest BCUT2D eigenvalue weighted by atomic mass is 16.5. The number of rotatable bonds is 6. The van der Waals surface area contributed by atoms with Crippen LogP contribution in [0.3, 0.4) is 0 Å². The Balaban J connectivity index is 2.21. The molecule has 6 nitrogen and oxygen atoms in total. The van der Waals surface area contributed by atoms with E-state index in [9.17, 15) is 4.79 Å². The fraction of sp³-hybridized carbons (Fsp3) is 0.357. The second-order valence-corrected chi connectivity index (χ2v) is 4.16. The Labute approximate surface area is 117 Å². The normalized spacial score (nSPS) is 10.3. The van der Waals surface area contributed by atoms with Crippen LogP contribution in [0.4, 0.5) is 0 Å². The molecule has 0 saturated heterocycles. The Morgan fingerprint density at radius 2 is 2.00 bits per heavy atom. The summed E-state index contributed by atoms with van der Waals surface area (Å²) < 4.78 is 12.1. The predicted octanol–water partition coefficient (Wildman–Crippen LogP) is 1.74. The summed E-state index contributed by atoms with van der Waals surface area (Å²) in [5.74, 6) is 1.76. The van der Waals surface area contributed by atoms with Crippen molar-refractivity contribution in [3.8, 4) is 11.5 Å². The fourth-order valence-electron chi connectivity index (χ4n) is 1.94. The lowest BCUT2D eigenvalue weighted by Crippen LogP contribution is -2.11. The molecule has 1 aromatic heterocycles. The van der Waals surface area contributed by atoms with Gasteiger partial charge in [-0.05, 0) is 25.1 Å². The lowest BCUT2D eigenvalue weighted by molar-refractivity contribution is 0.0989. The number of aryl methyl sites for hydroxylation is 1. The van der Waals surface area contributed by atoms with Gasteiger partial charge in [0.05, 0.1) is 20.6 Å². The maximum absolute atomic E-state index is 12.3. The molecule has 2 aromatic rings. The molecule has 1 aromatic carbocycles. The summed E-state index contributed by atoms with van der Waals surface area (Å²) in [7, 11) is 3.10. The maximum atomic E-state index is 12.3. The minimum absolute atomic E-state index is 0.0337. The number of nitrogens with zero attached hydrogens (tertiary/aromatic N) is 3. The first kappa shape index (κ1) is 14.0. The van der Waals surface area contributed by atoms with E-state index in [0.29, 0.717) is 29.4 Å². The summed E-state index contributed by atoms with van der Waals surface area (Å²) in [5, 5.41) is 4.05. The van der Waals surface area contributed by atoms with Gasteiger partial charge in [0.15, 0.2) is 17.3 Å². The van der Waals surface area contributed by atoms with Crippen molar-refractivity contribution >= 4 is 5.78 Å². The summed E-state index contributed by atoms with van der Waals surface area (Å²) in [6.45, 7) is 2.65. The van der Waals surface area contributed by atoms with Gasteiger partial charge in [0.25, 0.3) is 0 Å². The Morgan fingerprint density at radius 3 is 2.65 bits per heavy atom. The van der Waals surface area contributed by atoms with Crippen LogP contribution in [-0.4, -0.2) is 34.8 Å². The van der Waals surface area contributed by atoms with Crippen LogP contribution < -0.4 is 9.47 Å². The van der Waals surface area contributed by atoms with Crippen molar-refractivity contribution in [2.45, 2.75) is 19.9 Å². The third-order valence-electron chi connectivity index (χ3n) is 3.02. The summed E-state index contributed by atoms with van der Waals surface area (Å²) in [4.78, 5) is 16.4. The van der Waals surface area contributed by atoms with Crippen LogP contribution in [-0.2, 0) is 13.0 Å². The molecule has 106 valence electrons. The van der Waals surface area contributed by atoms with E-state index in [-0.39, 0.29) is 12.2 Å². The molecule has 1 heterocycles. The van der Waals surface area contributed by atoms with E-state index < -0.39 is 0 Å². The molecule has 20 heavy (non-hydrogen) atoms. The van der Waals surface area contributed by atoms with Crippen LogP contribution in [0, 0.1) is 0 Å². The first-order valence-corrected chi connectivity index (χ1v) is 6.31. The lowest BCUT2D eigenvalue weighted by atomic mass is 10.1. The highest BCUT2D eigenvalue weighted by Crippen LogP contribution is 2.27. The fourth-order valence-corrected chi connectivity index (χ4v) is 1.94. The average Bonchev–Trinajstić information content (AvgIpc) is 2.93. The number of carbonyl (C=O) groups excluding carboxylic acids is 1. The van der Waals surface area contributed by atoms with Gasteiger partial charge in [0.1, 0.15) is 12.2 Å². The molecule has 0 amide bonds. The molecule has 2 rings (SSSR count). The van der Waals surface area contributed by atoms with Crippen LogP contribution in [0.15, 0.2) is 24.5 Å². The molecule has 0 saturated carbocycles. The number of aromatic nitrogens is 3. The molecule has 0 aliphatic heterocycles. The number of ketones is 1. The third-order valence-corrected chi connectivity index (χ3v) is 3.02. The maximum Gasteiger partial charge on any atom is 0.170 e. The predicted molar refractivity (Wildman–Crippen MR) is 73.3 cm³/mol. The van der Waals surface area contributed by atoms with Gasteiger partial charge in [-0.3, -0.25) is 4.79 Å². The van der Waals surface area contributed by atoms with Crippen molar-refractivity contribution in [3.05, 3.63) is 35.9 Å². The molecule has 0 radical (unpaired) electrons. The molecule has 0 N–H and O–H groups in total. The minimum atomic E-state index is -0.0337. The van der Waals surface area contributed by atoms with Gasteiger partial charge in [0, 0.05) is 12.1 Å².